The molecule has 22 heavy (non-hydrogen) atoms. The van der Waals surface area contributed by atoms with E-state index in [1.54, 1.807) is 24.5 Å². The second-order valence-corrected chi connectivity index (χ2v) is 6.99. The first kappa shape index (κ1) is 15.1. The van der Waals surface area contributed by atoms with Crippen molar-refractivity contribution in [2.75, 3.05) is 6.54 Å². The number of hydrogen-bond donors (Lipinski definition) is 0. The summed E-state index contributed by atoms with van der Waals surface area (Å²) < 4.78 is 53.8. The van der Waals surface area contributed by atoms with Crippen molar-refractivity contribution in [1.82, 2.24) is 9.29 Å². The molecule has 7 heteroatoms. The molecule has 1 aromatic heterocycles. The lowest BCUT2D eigenvalue weighted by Gasteiger charge is -2.24. The number of aromatic nitrogens is 1. The van der Waals surface area contributed by atoms with E-state index >= 15 is 0 Å². The molecule has 1 fully saturated rings. The van der Waals surface area contributed by atoms with Gasteiger partial charge in [-0.2, -0.15) is 4.31 Å². The van der Waals surface area contributed by atoms with Crippen LogP contribution in [-0.4, -0.2) is 24.3 Å². The maximum absolute atomic E-state index is 13.9. The lowest BCUT2D eigenvalue weighted by atomic mass is 10.1. The highest BCUT2D eigenvalue weighted by molar-refractivity contribution is 7.89. The van der Waals surface area contributed by atoms with Gasteiger partial charge in [0.2, 0.25) is 10.0 Å². The van der Waals surface area contributed by atoms with Gasteiger partial charge in [-0.15, -0.1) is 0 Å². The summed E-state index contributed by atoms with van der Waals surface area (Å²) in [6, 6.07) is 5.56. The van der Waals surface area contributed by atoms with Gasteiger partial charge in [0.25, 0.3) is 0 Å². The number of halogens is 2. The number of hydrogen-bond acceptors (Lipinski definition) is 3. The van der Waals surface area contributed by atoms with E-state index in [0.29, 0.717) is 12.8 Å². The normalized spacial score (nSPS) is 19.5. The molecule has 1 aliphatic heterocycles. The van der Waals surface area contributed by atoms with E-state index < -0.39 is 26.6 Å². The third-order valence-corrected chi connectivity index (χ3v) is 5.70. The van der Waals surface area contributed by atoms with E-state index in [-0.39, 0.29) is 12.6 Å². The Morgan fingerprint density at radius 3 is 2.59 bits per heavy atom. The topological polar surface area (TPSA) is 50.3 Å². The van der Waals surface area contributed by atoms with Gasteiger partial charge in [-0.05, 0) is 48.7 Å². The molecule has 0 bridgehead atoms. The molecule has 0 spiro atoms. The Balaban J connectivity index is 2.03. The summed E-state index contributed by atoms with van der Waals surface area (Å²) in [4.78, 5) is 3.29. The molecule has 0 saturated carbocycles. The molecule has 1 atom stereocenters. The highest BCUT2D eigenvalue weighted by Gasteiger charge is 2.37. The molecule has 2 aromatic rings. The van der Waals surface area contributed by atoms with Crippen LogP contribution >= 0.6 is 0 Å². The minimum absolute atomic E-state index is 0.283. The summed E-state index contributed by atoms with van der Waals surface area (Å²) in [5.74, 6) is -1.72. The van der Waals surface area contributed by atoms with Crippen LogP contribution in [0.25, 0.3) is 0 Å². The fourth-order valence-electron chi connectivity index (χ4n) is 2.75. The highest BCUT2D eigenvalue weighted by atomic mass is 32.2. The van der Waals surface area contributed by atoms with Crippen LogP contribution < -0.4 is 0 Å². The lowest BCUT2D eigenvalue weighted by Crippen LogP contribution is -2.31. The summed E-state index contributed by atoms with van der Waals surface area (Å²) in [6.07, 6.45) is 4.48. The van der Waals surface area contributed by atoms with Gasteiger partial charge < -0.3 is 0 Å². The van der Waals surface area contributed by atoms with Crippen molar-refractivity contribution in [2.24, 2.45) is 0 Å². The second-order valence-electron chi connectivity index (χ2n) is 5.13. The quantitative estimate of drug-likeness (QED) is 0.872. The summed E-state index contributed by atoms with van der Waals surface area (Å²) in [7, 11) is -4.09. The molecule has 116 valence electrons. The standard InChI is InChI=1S/C15H14F2N2O2S/c16-12-3-4-13(17)15(10-12)22(20,21)19-9-1-2-14(19)11-5-7-18-8-6-11/h3-8,10,14H,1-2,9H2/t14-/m0/s1. The molecule has 0 amide bonds. The van der Waals surface area contributed by atoms with E-state index in [0.717, 1.165) is 23.8 Å². The van der Waals surface area contributed by atoms with Crippen molar-refractivity contribution in [2.45, 2.75) is 23.8 Å². The van der Waals surface area contributed by atoms with Crippen LogP contribution in [0.1, 0.15) is 24.4 Å². The molecule has 1 aromatic carbocycles. The first-order valence-corrected chi connectivity index (χ1v) is 8.31. The van der Waals surface area contributed by atoms with Crippen molar-refractivity contribution in [3.63, 3.8) is 0 Å². The van der Waals surface area contributed by atoms with E-state index in [9.17, 15) is 17.2 Å². The summed E-state index contributed by atoms with van der Waals surface area (Å²) in [6.45, 7) is 0.283. The largest absolute Gasteiger partial charge is 0.265 e. The van der Waals surface area contributed by atoms with E-state index in [1.165, 1.54) is 4.31 Å². The molecule has 1 saturated heterocycles. The number of pyridine rings is 1. The Kier molecular flexibility index (Phi) is 3.92. The molecule has 1 aliphatic rings. The van der Waals surface area contributed by atoms with Crippen molar-refractivity contribution in [3.8, 4) is 0 Å². The molecule has 3 rings (SSSR count). The molecular weight excluding hydrogens is 310 g/mol. The molecule has 0 N–H and O–H groups in total. The minimum atomic E-state index is -4.09. The number of sulfonamides is 1. The first-order valence-electron chi connectivity index (χ1n) is 6.87. The van der Waals surface area contributed by atoms with E-state index in [2.05, 4.69) is 4.98 Å². The van der Waals surface area contributed by atoms with Crippen LogP contribution in [-0.2, 0) is 10.0 Å². The van der Waals surface area contributed by atoms with E-state index in [4.69, 9.17) is 0 Å². The molecule has 0 unspecified atom stereocenters. The fraction of sp³-hybridized carbons (Fsp3) is 0.267. The van der Waals surface area contributed by atoms with Gasteiger partial charge in [0.05, 0.1) is 6.04 Å². The highest BCUT2D eigenvalue weighted by Crippen LogP contribution is 2.36. The molecule has 2 heterocycles. The summed E-state index contributed by atoms with van der Waals surface area (Å²) in [5.41, 5.74) is 0.799. The second kappa shape index (κ2) is 5.73. The predicted octanol–water partition coefficient (Wildman–Crippen LogP) is 2.89. The van der Waals surface area contributed by atoms with Gasteiger partial charge >= 0.3 is 0 Å². The van der Waals surface area contributed by atoms with Crippen LogP contribution in [0, 0.1) is 11.6 Å². The zero-order valence-electron chi connectivity index (χ0n) is 11.6. The van der Waals surface area contributed by atoms with E-state index in [1.807, 2.05) is 0 Å². The minimum Gasteiger partial charge on any atom is -0.265 e. The summed E-state index contributed by atoms with van der Waals surface area (Å²) >= 11 is 0. The molecular formula is C15H14F2N2O2S. The maximum Gasteiger partial charge on any atom is 0.246 e. The number of benzene rings is 1. The maximum atomic E-state index is 13.9. The Labute approximate surface area is 127 Å². The van der Waals surface area contributed by atoms with Crippen molar-refractivity contribution >= 4 is 10.0 Å². The summed E-state index contributed by atoms with van der Waals surface area (Å²) in [5, 5.41) is 0. The van der Waals surface area contributed by atoms with Crippen LogP contribution in [0.4, 0.5) is 8.78 Å². The van der Waals surface area contributed by atoms with Gasteiger partial charge in [0, 0.05) is 18.9 Å². The smallest absolute Gasteiger partial charge is 0.246 e. The number of rotatable bonds is 3. The van der Waals surface area contributed by atoms with Crippen molar-refractivity contribution in [3.05, 3.63) is 59.9 Å². The van der Waals surface area contributed by atoms with Crippen LogP contribution in [0.2, 0.25) is 0 Å². The third kappa shape index (κ3) is 2.62. The average Bonchev–Trinajstić information content (AvgIpc) is 3.01. The van der Waals surface area contributed by atoms with Gasteiger partial charge in [-0.25, -0.2) is 17.2 Å². The Morgan fingerprint density at radius 1 is 1.14 bits per heavy atom. The molecule has 0 radical (unpaired) electrons. The number of nitrogens with zero attached hydrogens (tertiary/aromatic N) is 2. The first-order chi connectivity index (χ1) is 10.5. The van der Waals surface area contributed by atoms with Crippen molar-refractivity contribution < 1.29 is 17.2 Å². The Hall–Kier alpha value is -1.86. The van der Waals surface area contributed by atoms with Crippen LogP contribution in [0.3, 0.4) is 0 Å². The van der Waals surface area contributed by atoms with Gasteiger partial charge in [-0.3, -0.25) is 4.98 Å². The van der Waals surface area contributed by atoms with Gasteiger partial charge in [-0.1, -0.05) is 0 Å². The zero-order chi connectivity index (χ0) is 15.7. The monoisotopic (exact) mass is 324 g/mol. The Bertz CT molecular complexity index is 781. The van der Waals surface area contributed by atoms with Crippen LogP contribution in [0.5, 0.6) is 0 Å². The van der Waals surface area contributed by atoms with Gasteiger partial charge in [0.15, 0.2) is 0 Å². The van der Waals surface area contributed by atoms with Crippen LogP contribution in [0.15, 0.2) is 47.6 Å². The Morgan fingerprint density at radius 2 is 1.86 bits per heavy atom. The van der Waals surface area contributed by atoms with Gasteiger partial charge in [0.1, 0.15) is 16.5 Å². The van der Waals surface area contributed by atoms with Crippen molar-refractivity contribution in [1.29, 1.82) is 0 Å². The molecule has 0 aliphatic carbocycles. The lowest BCUT2D eigenvalue weighted by molar-refractivity contribution is 0.393. The third-order valence-electron chi connectivity index (χ3n) is 3.77. The zero-order valence-corrected chi connectivity index (χ0v) is 12.4. The predicted molar refractivity (Wildman–Crippen MR) is 76.5 cm³/mol. The fourth-order valence-corrected chi connectivity index (χ4v) is 4.51. The molecule has 4 nitrogen and oxygen atoms in total. The average molecular weight is 324 g/mol. The SMILES string of the molecule is O=S(=O)(c1cc(F)ccc1F)N1CCC[C@H]1c1ccncc1.